The molecule has 1 aliphatic rings. The third-order valence-corrected chi connectivity index (χ3v) is 5.07. The van der Waals surface area contributed by atoms with Crippen LogP contribution in [0.5, 0.6) is 0 Å². The van der Waals surface area contributed by atoms with Crippen LogP contribution in [0.25, 0.3) is 10.9 Å². The molecule has 0 spiro atoms. The molecule has 4 rings (SSSR count). The maximum absolute atomic E-state index is 11.9. The highest BCUT2D eigenvalue weighted by atomic mass is 16.5. The number of carbonyl (C=O) groups excluding carboxylic acids is 1. The van der Waals surface area contributed by atoms with E-state index in [1.54, 1.807) is 18.3 Å². The van der Waals surface area contributed by atoms with Crippen molar-refractivity contribution in [1.82, 2.24) is 15.3 Å². The largest absolute Gasteiger partial charge is 0.380 e. The summed E-state index contributed by atoms with van der Waals surface area (Å²) in [5, 5.41) is 10.9. The summed E-state index contributed by atoms with van der Waals surface area (Å²) < 4.78 is 5.53. The normalized spacial score (nSPS) is 19.1. The van der Waals surface area contributed by atoms with Crippen molar-refractivity contribution in [3.05, 3.63) is 54.2 Å². The second-order valence-corrected chi connectivity index (χ2v) is 7.01. The zero-order chi connectivity index (χ0) is 20.2. The van der Waals surface area contributed by atoms with E-state index in [0.717, 1.165) is 23.0 Å². The predicted octanol–water partition coefficient (Wildman–Crippen LogP) is 2.26. The van der Waals surface area contributed by atoms with Crippen LogP contribution in [-0.4, -0.2) is 48.2 Å². The third-order valence-electron chi connectivity index (χ3n) is 5.07. The summed E-state index contributed by atoms with van der Waals surface area (Å²) in [6, 6.07) is 13.6. The zero-order valence-electron chi connectivity index (χ0n) is 16.2. The van der Waals surface area contributed by atoms with Gasteiger partial charge >= 0.3 is 0 Å². The molecule has 0 aliphatic carbocycles. The number of carbonyl (C=O) groups is 1. The number of benzene rings is 1. The highest BCUT2D eigenvalue weighted by molar-refractivity contribution is 5.98. The van der Waals surface area contributed by atoms with Crippen molar-refractivity contribution >= 4 is 34.1 Å². The summed E-state index contributed by atoms with van der Waals surface area (Å²) in [5.41, 5.74) is 7.50. The molecule has 8 nitrogen and oxygen atoms in total. The SMILES string of the molecule is CN[C@H]1COCCC1Nc1ccc(C(N)=O)c(Nc2cnc3ccccc3c2)n1. The number of likely N-dealkylation sites (N-methyl/N-ethyl adjacent to an activating group) is 1. The minimum atomic E-state index is -0.542. The molecule has 3 aromatic rings. The van der Waals surface area contributed by atoms with Gasteiger partial charge in [0.25, 0.3) is 5.91 Å². The summed E-state index contributed by atoms with van der Waals surface area (Å²) >= 11 is 0. The van der Waals surface area contributed by atoms with E-state index in [4.69, 9.17) is 10.5 Å². The van der Waals surface area contributed by atoms with Crippen molar-refractivity contribution in [2.75, 3.05) is 30.9 Å². The molecule has 3 heterocycles. The second kappa shape index (κ2) is 8.42. The number of rotatable bonds is 6. The maximum Gasteiger partial charge on any atom is 0.252 e. The molecule has 2 atom stereocenters. The van der Waals surface area contributed by atoms with Crippen LogP contribution in [0.1, 0.15) is 16.8 Å². The number of hydrogen-bond donors (Lipinski definition) is 4. The molecule has 1 fully saturated rings. The Morgan fingerprint density at radius 3 is 2.90 bits per heavy atom. The van der Waals surface area contributed by atoms with Gasteiger partial charge in [-0.3, -0.25) is 9.78 Å². The standard InChI is InChI=1S/C21H24N6O2/c1-23-18-12-29-9-8-17(18)26-19-7-6-15(20(22)28)21(27-19)25-14-10-13-4-2-3-5-16(13)24-11-14/h2-7,10-11,17-18,23H,8-9,12H2,1H3,(H2,22,28)(H2,25,26,27)/t17?,18-/m0/s1. The van der Waals surface area contributed by atoms with Crippen LogP contribution in [-0.2, 0) is 4.74 Å². The first kappa shape index (κ1) is 19.1. The van der Waals surface area contributed by atoms with Crippen molar-refractivity contribution in [1.29, 1.82) is 0 Å². The fraction of sp³-hybridized carbons (Fsp3) is 0.286. The first-order valence-corrected chi connectivity index (χ1v) is 9.58. The van der Waals surface area contributed by atoms with Crippen LogP contribution in [0.2, 0.25) is 0 Å². The molecular weight excluding hydrogens is 368 g/mol. The number of nitrogens with two attached hydrogens (primary N) is 1. The number of nitrogens with zero attached hydrogens (tertiary/aromatic N) is 2. The quantitative estimate of drug-likeness (QED) is 0.509. The molecule has 5 N–H and O–H groups in total. The molecule has 29 heavy (non-hydrogen) atoms. The Bertz CT molecular complexity index is 1020. The molecule has 1 amide bonds. The molecule has 0 saturated carbocycles. The summed E-state index contributed by atoms with van der Waals surface area (Å²) in [5.74, 6) is 0.519. The van der Waals surface area contributed by atoms with Gasteiger partial charge in [-0.15, -0.1) is 0 Å². The lowest BCUT2D eigenvalue weighted by Gasteiger charge is -2.32. The number of primary amides is 1. The molecule has 1 unspecified atom stereocenters. The van der Waals surface area contributed by atoms with Gasteiger partial charge in [-0.2, -0.15) is 0 Å². The Labute approximate surface area is 168 Å². The number of anilines is 3. The monoisotopic (exact) mass is 392 g/mol. The number of aromatic nitrogens is 2. The zero-order valence-corrected chi connectivity index (χ0v) is 16.2. The fourth-order valence-electron chi connectivity index (χ4n) is 3.49. The molecule has 2 aromatic heterocycles. The smallest absolute Gasteiger partial charge is 0.252 e. The third kappa shape index (κ3) is 4.28. The number of pyridine rings is 2. The van der Waals surface area contributed by atoms with Gasteiger partial charge in [0.05, 0.1) is 35.6 Å². The van der Waals surface area contributed by atoms with Gasteiger partial charge < -0.3 is 26.4 Å². The Kier molecular flexibility index (Phi) is 5.55. The summed E-state index contributed by atoms with van der Waals surface area (Å²) in [6.07, 6.45) is 2.58. The van der Waals surface area contributed by atoms with Crippen LogP contribution in [0.3, 0.4) is 0 Å². The number of amides is 1. The number of fused-ring (bicyclic) bond motifs is 1. The predicted molar refractivity (Wildman–Crippen MR) is 113 cm³/mol. The van der Waals surface area contributed by atoms with Crippen molar-refractivity contribution in [2.45, 2.75) is 18.5 Å². The van der Waals surface area contributed by atoms with Crippen LogP contribution < -0.4 is 21.7 Å². The van der Waals surface area contributed by atoms with Gasteiger partial charge in [-0.25, -0.2) is 4.98 Å². The molecular formula is C21H24N6O2. The topological polar surface area (TPSA) is 114 Å². The lowest BCUT2D eigenvalue weighted by atomic mass is 10.0. The lowest BCUT2D eigenvalue weighted by molar-refractivity contribution is 0.0657. The second-order valence-electron chi connectivity index (χ2n) is 7.01. The van der Waals surface area contributed by atoms with Crippen molar-refractivity contribution in [2.24, 2.45) is 5.73 Å². The Hall–Kier alpha value is -3.23. The van der Waals surface area contributed by atoms with E-state index in [2.05, 4.69) is 25.9 Å². The van der Waals surface area contributed by atoms with Crippen LogP contribution in [0.15, 0.2) is 48.7 Å². The Morgan fingerprint density at radius 2 is 2.07 bits per heavy atom. The minimum absolute atomic E-state index is 0.177. The van der Waals surface area contributed by atoms with Crippen LogP contribution in [0.4, 0.5) is 17.3 Å². The first-order chi connectivity index (χ1) is 14.1. The van der Waals surface area contributed by atoms with Crippen LogP contribution >= 0.6 is 0 Å². The van der Waals surface area contributed by atoms with E-state index in [1.165, 1.54) is 0 Å². The van der Waals surface area contributed by atoms with E-state index in [9.17, 15) is 4.79 Å². The Morgan fingerprint density at radius 1 is 1.21 bits per heavy atom. The van der Waals surface area contributed by atoms with Crippen molar-refractivity contribution < 1.29 is 9.53 Å². The van der Waals surface area contributed by atoms with Gasteiger partial charge in [0.2, 0.25) is 0 Å². The number of nitrogens with one attached hydrogen (secondary N) is 3. The number of para-hydroxylation sites is 1. The maximum atomic E-state index is 11.9. The Balaban J connectivity index is 1.61. The highest BCUT2D eigenvalue weighted by Gasteiger charge is 2.25. The van der Waals surface area contributed by atoms with Gasteiger partial charge in [0.1, 0.15) is 11.6 Å². The molecule has 0 radical (unpaired) electrons. The molecule has 150 valence electrons. The van der Waals surface area contributed by atoms with Crippen LogP contribution in [0, 0.1) is 0 Å². The summed E-state index contributed by atoms with van der Waals surface area (Å²) in [4.78, 5) is 21.0. The molecule has 0 bridgehead atoms. The van der Waals surface area contributed by atoms with E-state index >= 15 is 0 Å². The van der Waals surface area contributed by atoms with Gasteiger partial charge in [0, 0.05) is 18.0 Å². The molecule has 1 aliphatic heterocycles. The highest BCUT2D eigenvalue weighted by Crippen LogP contribution is 2.24. The van der Waals surface area contributed by atoms with Crippen molar-refractivity contribution in [3.8, 4) is 0 Å². The summed E-state index contributed by atoms with van der Waals surface area (Å²) in [6.45, 7) is 1.34. The van der Waals surface area contributed by atoms with Gasteiger partial charge in [-0.05, 0) is 37.7 Å². The fourth-order valence-corrected chi connectivity index (χ4v) is 3.49. The average molecular weight is 392 g/mol. The van der Waals surface area contributed by atoms with Crippen molar-refractivity contribution in [3.63, 3.8) is 0 Å². The lowest BCUT2D eigenvalue weighted by Crippen LogP contribution is -2.49. The first-order valence-electron chi connectivity index (χ1n) is 9.58. The van der Waals surface area contributed by atoms with Gasteiger partial charge in [0.15, 0.2) is 0 Å². The summed E-state index contributed by atoms with van der Waals surface area (Å²) in [7, 11) is 1.91. The number of ether oxygens (including phenoxy) is 1. The number of hydrogen-bond acceptors (Lipinski definition) is 7. The average Bonchev–Trinajstić information content (AvgIpc) is 2.74. The van der Waals surface area contributed by atoms with Gasteiger partial charge in [-0.1, -0.05) is 18.2 Å². The minimum Gasteiger partial charge on any atom is -0.380 e. The van der Waals surface area contributed by atoms with E-state index in [-0.39, 0.29) is 12.1 Å². The van der Waals surface area contributed by atoms with E-state index < -0.39 is 5.91 Å². The van der Waals surface area contributed by atoms with E-state index in [1.807, 2.05) is 37.4 Å². The molecule has 1 aromatic carbocycles. The molecule has 1 saturated heterocycles. The molecule has 8 heteroatoms. The van der Waals surface area contributed by atoms with E-state index in [0.29, 0.717) is 30.4 Å².